The minimum Gasteiger partial charge on any atom is -0.103 e. The number of hydrogen-bond acceptors (Lipinski definition) is 0. The fraction of sp³-hybridized carbons (Fsp3) is 0.800. The summed E-state index contributed by atoms with van der Waals surface area (Å²) in [6, 6.07) is 0. The molecule has 0 N–H and O–H groups in total. The molecule has 0 saturated carbocycles. The zero-order valence-corrected chi connectivity index (χ0v) is 14.2. The number of hydrogen-bond donors (Lipinski definition) is 0. The molecular formula is C20H38. The van der Waals surface area contributed by atoms with Crippen molar-refractivity contribution in [3.05, 3.63) is 24.8 Å². The van der Waals surface area contributed by atoms with Crippen molar-refractivity contribution >= 4 is 0 Å². The Bertz CT molecular complexity index is 214. The Balaban J connectivity index is 3.67. The lowest BCUT2D eigenvalue weighted by atomic mass is 9.95. The molecule has 0 bridgehead atoms. The van der Waals surface area contributed by atoms with Crippen LogP contribution >= 0.6 is 0 Å². The fourth-order valence-electron chi connectivity index (χ4n) is 2.66. The first-order valence-electron chi connectivity index (χ1n) is 9.12. The lowest BCUT2D eigenvalue weighted by molar-refractivity contribution is 0.501. The Morgan fingerprint density at radius 1 is 0.750 bits per heavy atom. The highest BCUT2D eigenvalue weighted by Gasteiger charge is 2.03. The summed E-state index contributed by atoms with van der Waals surface area (Å²) in [6.07, 6.45) is 24.6. The lowest BCUT2D eigenvalue weighted by Crippen LogP contribution is -1.96. The van der Waals surface area contributed by atoms with Crippen LogP contribution in [0, 0.1) is 5.92 Å². The molecule has 1 unspecified atom stereocenters. The fourth-order valence-corrected chi connectivity index (χ4v) is 2.66. The number of rotatable bonds is 15. The van der Waals surface area contributed by atoms with E-state index in [0.717, 1.165) is 5.92 Å². The average Bonchev–Trinajstić information content (AvgIpc) is 2.47. The van der Waals surface area contributed by atoms with Gasteiger partial charge < -0.3 is 0 Å². The molecule has 1 atom stereocenters. The van der Waals surface area contributed by atoms with E-state index >= 15 is 0 Å². The molecular weight excluding hydrogens is 240 g/mol. The van der Waals surface area contributed by atoms with E-state index in [1.165, 1.54) is 83.5 Å². The molecule has 0 fully saturated rings. The molecule has 0 heteroatoms. The molecule has 0 rings (SSSR count). The highest BCUT2D eigenvalue weighted by Crippen LogP contribution is 2.18. The van der Waals surface area contributed by atoms with Crippen LogP contribution in [0.3, 0.4) is 0 Å². The zero-order chi connectivity index (χ0) is 14.9. The van der Waals surface area contributed by atoms with Crippen molar-refractivity contribution < 1.29 is 0 Å². The van der Waals surface area contributed by atoms with Crippen molar-refractivity contribution in [2.75, 3.05) is 0 Å². The third kappa shape index (κ3) is 13.9. The molecule has 20 heavy (non-hydrogen) atoms. The van der Waals surface area contributed by atoms with Crippen molar-refractivity contribution in [1.82, 2.24) is 0 Å². The van der Waals surface area contributed by atoms with Gasteiger partial charge in [0.2, 0.25) is 0 Å². The van der Waals surface area contributed by atoms with Crippen LogP contribution in [0.5, 0.6) is 0 Å². The Morgan fingerprint density at radius 2 is 1.40 bits per heavy atom. The predicted octanol–water partition coefficient (Wildman–Crippen LogP) is 7.46. The largest absolute Gasteiger partial charge is 0.103 e. The number of unbranched alkanes of at least 4 members (excludes halogenated alkanes) is 8. The summed E-state index contributed by atoms with van der Waals surface area (Å²) >= 11 is 0. The molecule has 0 saturated heterocycles. The highest BCUT2D eigenvalue weighted by atomic mass is 14.1. The SMILES string of the molecule is C=CCCCC(C=CCCCCCCCC)CCCC. The summed E-state index contributed by atoms with van der Waals surface area (Å²) < 4.78 is 0. The van der Waals surface area contributed by atoms with Gasteiger partial charge in [-0.3, -0.25) is 0 Å². The molecule has 118 valence electrons. The monoisotopic (exact) mass is 278 g/mol. The van der Waals surface area contributed by atoms with Gasteiger partial charge in [-0.15, -0.1) is 6.58 Å². The second kappa shape index (κ2) is 16.5. The summed E-state index contributed by atoms with van der Waals surface area (Å²) in [5.74, 6) is 0.815. The Morgan fingerprint density at radius 3 is 2.10 bits per heavy atom. The maximum absolute atomic E-state index is 3.82. The van der Waals surface area contributed by atoms with Gasteiger partial charge >= 0.3 is 0 Å². The van der Waals surface area contributed by atoms with Gasteiger partial charge in [-0.1, -0.05) is 77.0 Å². The predicted molar refractivity (Wildman–Crippen MR) is 94.2 cm³/mol. The Kier molecular flexibility index (Phi) is 16.1. The van der Waals surface area contributed by atoms with E-state index in [1.54, 1.807) is 0 Å². The topological polar surface area (TPSA) is 0 Å². The van der Waals surface area contributed by atoms with E-state index in [2.05, 4.69) is 38.7 Å². The second-order valence-electron chi connectivity index (χ2n) is 6.11. The van der Waals surface area contributed by atoms with Crippen molar-refractivity contribution in [2.45, 2.75) is 97.3 Å². The van der Waals surface area contributed by atoms with Crippen LogP contribution in [0.1, 0.15) is 97.3 Å². The summed E-state index contributed by atoms with van der Waals surface area (Å²) in [5.41, 5.74) is 0. The van der Waals surface area contributed by atoms with Gasteiger partial charge in [0.05, 0.1) is 0 Å². The first kappa shape index (κ1) is 19.5. The molecule has 0 aliphatic rings. The number of allylic oxidation sites excluding steroid dienone is 3. The minimum absolute atomic E-state index is 0.815. The van der Waals surface area contributed by atoms with Gasteiger partial charge in [-0.2, -0.15) is 0 Å². The molecule has 0 aromatic rings. The van der Waals surface area contributed by atoms with Crippen LogP contribution in [0.15, 0.2) is 24.8 Å². The van der Waals surface area contributed by atoms with Gasteiger partial charge in [-0.05, 0) is 44.4 Å². The molecule has 0 aliphatic heterocycles. The van der Waals surface area contributed by atoms with E-state index in [9.17, 15) is 0 Å². The molecule has 0 aromatic heterocycles. The minimum atomic E-state index is 0.815. The van der Waals surface area contributed by atoms with E-state index in [1.807, 2.05) is 0 Å². The Labute approximate surface area is 128 Å². The second-order valence-corrected chi connectivity index (χ2v) is 6.11. The Hall–Kier alpha value is -0.520. The van der Waals surface area contributed by atoms with E-state index < -0.39 is 0 Å². The van der Waals surface area contributed by atoms with E-state index in [-0.39, 0.29) is 0 Å². The molecule has 0 amide bonds. The third-order valence-corrected chi connectivity index (χ3v) is 4.04. The van der Waals surface area contributed by atoms with Gasteiger partial charge in [0.1, 0.15) is 0 Å². The quantitative estimate of drug-likeness (QED) is 0.215. The molecule has 0 spiro atoms. The summed E-state index contributed by atoms with van der Waals surface area (Å²) in [6.45, 7) is 8.39. The van der Waals surface area contributed by atoms with Crippen LogP contribution in [0.25, 0.3) is 0 Å². The van der Waals surface area contributed by atoms with Gasteiger partial charge in [-0.25, -0.2) is 0 Å². The average molecular weight is 279 g/mol. The summed E-state index contributed by atoms with van der Waals surface area (Å²) in [4.78, 5) is 0. The van der Waals surface area contributed by atoms with Gasteiger partial charge in [0.25, 0.3) is 0 Å². The van der Waals surface area contributed by atoms with Gasteiger partial charge in [0, 0.05) is 0 Å². The van der Waals surface area contributed by atoms with Gasteiger partial charge in [0.15, 0.2) is 0 Å². The first-order valence-corrected chi connectivity index (χ1v) is 9.12. The molecule has 0 radical (unpaired) electrons. The standard InChI is InChI=1S/C20H38/c1-4-7-10-11-12-13-14-16-19-20(17-9-6-3)18-15-8-5-2/h5,16,19-20H,2,4,6-15,17-18H2,1,3H3. The molecule has 0 heterocycles. The zero-order valence-electron chi connectivity index (χ0n) is 14.2. The van der Waals surface area contributed by atoms with Crippen molar-refractivity contribution in [2.24, 2.45) is 5.92 Å². The normalized spacial score (nSPS) is 12.9. The third-order valence-electron chi connectivity index (χ3n) is 4.04. The van der Waals surface area contributed by atoms with Crippen LogP contribution < -0.4 is 0 Å². The smallest absolute Gasteiger partial charge is 0.0233 e. The lowest BCUT2D eigenvalue weighted by Gasteiger charge is -2.11. The van der Waals surface area contributed by atoms with Crippen molar-refractivity contribution in [1.29, 1.82) is 0 Å². The highest BCUT2D eigenvalue weighted by molar-refractivity contribution is 4.88. The maximum Gasteiger partial charge on any atom is -0.0233 e. The first-order chi connectivity index (χ1) is 9.85. The maximum atomic E-state index is 3.82. The van der Waals surface area contributed by atoms with Crippen LogP contribution in [-0.2, 0) is 0 Å². The van der Waals surface area contributed by atoms with Crippen molar-refractivity contribution in [3.63, 3.8) is 0 Å². The van der Waals surface area contributed by atoms with E-state index in [0.29, 0.717) is 0 Å². The summed E-state index contributed by atoms with van der Waals surface area (Å²) in [5, 5.41) is 0. The molecule has 0 aromatic carbocycles. The van der Waals surface area contributed by atoms with Crippen LogP contribution in [-0.4, -0.2) is 0 Å². The van der Waals surface area contributed by atoms with Crippen molar-refractivity contribution in [3.8, 4) is 0 Å². The van der Waals surface area contributed by atoms with Crippen LogP contribution in [0.2, 0.25) is 0 Å². The molecule has 0 aliphatic carbocycles. The van der Waals surface area contributed by atoms with E-state index in [4.69, 9.17) is 0 Å². The van der Waals surface area contributed by atoms with Crippen LogP contribution in [0.4, 0.5) is 0 Å². The molecule has 0 nitrogen and oxygen atoms in total. The summed E-state index contributed by atoms with van der Waals surface area (Å²) in [7, 11) is 0.